The molecule has 0 radical (unpaired) electrons. The fraction of sp³-hybridized carbons (Fsp3) is 0.308. The van der Waals surface area contributed by atoms with Gasteiger partial charge in [-0.05, 0) is 18.6 Å². The highest BCUT2D eigenvalue weighted by molar-refractivity contribution is 6.01. The van der Waals surface area contributed by atoms with Crippen molar-refractivity contribution in [3.05, 3.63) is 24.0 Å². The Kier molecular flexibility index (Phi) is 6.12. The number of hydrogen-bond donors (Lipinski definition) is 3. The summed E-state index contributed by atoms with van der Waals surface area (Å²) in [5, 5.41) is 12.7. The van der Waals surface area contributed by atoms with E-state index in [0.29, 0.717) is 0 Å². The molecular formula is C13H15FN2O5. The molecule has 0 atom stereocenters. The molecule has 3 amide bonds. The number of ether oxygens (including phenoxy) is 1. The van der Waals surface area contributed by atoms with Crippen molar-refractivity contribution in [1.29, 1.82) is 0 Å². The number of carboxylic acid groups (broad SMARTS) is 1. The summed E-state index contributed by atoms with van der Waals surface area (Å²) in [4.78, 5) is 33.1. The average molecular weight is 298 g/mol. The molecule has 0 saturated heterocycles. The number of carbonyl (C=O) groups excluding carboxylic acids is 2. The second-order valence-corrected chi connectivity index (χ2v) is 4.10. The quantitative estimate of drug-likeness (QED) is 0.742. The lowest BCUT2D eigenvalue weighted by molar-refractivity contribution is -0.137. The second kappa shape index (κ2) is 7.83. The van der Waals surface area contributed by atoms with Gasteiger partial charge in [-0.25, -0.2) is 9.18 Å². The van der Waals surface area contributed by atoms with Crippen LogP contribution in [0.4, 0.5) is 14.9 Å². The average Bonchev–Trinajstić information content (AvgIpc) is 2.38. The first-order chi connectivity index (χ1) is 9.92. The van der Waals surface area contributed by atoms with Gasteiger partial charge in [-0.15, -0.1) is 0 Å². The van der Waals surface area contributed by atoms with Crippen LogP contribution < -0.4 is 15.4 Å². The number of carbonyl (C=O) groups is 3. The van der Waals surface area contributed by atoms with Gasteiger partial charge in [0.2, 0.25) is 5.91 Å². The lowest BCUT2D eigenvalue weighted by Gasteiger charge is -2.08. The van der Waals surface area contributed by atoms with E-state index in [2.05, 4.69) is 5.32 Å². The van der Waals surface area contributed by atoms with E-state index >= 15 is 0 Å². The van der Waals surface area contributed by atoms with Crippen molar-refractivity contribution in [2.75, 3.05) is 12.4 Å². The number of nitrogens with one attached hydrogen (secondary N) is 2. The normalized spacial score (nSPS) is 9.81. The van der Waals surface area contributed by atoms with Crippen LogP contribution in [0.25, 0.3) is 0 Å². The van der Waals surface area contributed by atoms with E-state index in [4.69, 9.17) is 9.84 Å². The van der Waals surface area contributed by atoms with E-state index in [9.17, 15) is 18.8 Å². The number of halogens is 1. The van der Waals surface area contributed by atoms with Crippen LogP contribution in [0.5, 0.6) is 5.75 Å². The standard InChI is InChI=1S/C13H15FN2O5/c1-21-10-6-5-8(7-9(10)14)15-13(20)16-11(17)3-2-4-12(18)19/h5-7H,2-4H2,1H3,(H,18,19)(H2,15,16,17,20). The molecule has 1 aromatic carbocycles. The fourth-order valence-electron chi connectivity index (χ4n) is 1.50. The van der Waals surface area contributed by atoms with Gasteiger partial charge >= 0.3 is 12.0 Å². The fourth-order valence-corrected chi connectivity index (χ4v) is 1.50. The first kappa shape index (κ1) is 16.4. The summed E-state index contributed by atoms with van der Waals surface area (Å²) in [6.07, 6.45) is -0.110. The molecule has 0 saturated carbocycles. The Bertz CT molecular complexity index is 547. The maximum Gasteiger partial charge on any atom is 0.325 e. The summed E-state index contributed by atoms with van der Waals surface area (Å²) in [6, 6.07) is 2.98. The molecule has 0 heterocycles. The van der Waals surface area contributed by atoms with Crippen LogP contribution in [0.2, 0.25) is 0 Å². The number of carboxylic acids is 1. The van der Waals surface area contributed by atoms with Crippen LogP contribution >= 0.6 is 0 Å². The van der Waals surface area contributed by atoms with Crippen molar-refractivity contribution in [2.45, 2.75) is 19.3 Å². The van der Waals surface area contributed by atoms with Crippen LogP contribution in [0.1, 0.15) is 19.3 Å². The smallest absolute Gasteiger partial charge is 0.325 e. The summed E-state index contributed by atoms with van der Waals surface area (Å²) < 4.78 is 18.1. The highest BCUT2D eigenvalue weighted by atomic mass is 19.1. The summed E-state index contributed by atoms with van der Waals surface area (Å²) in [5.41, 5.74) is 0.157. The number of hydrogen-bond acceptors (Lipinski definition) is 4. The molecule has 7 nitrogen and oxygen atoms in total. The van der Waals surface area contributed by atoms with Gasteiger partial charge in [0.25, 0.3) is 0 Å². The first-order valence-electron chi connectivity index (χ1n) is 6.08. The Balaban J connectivity index is 2.44. The summed E-state index contributed by atoms with van der Waals surface area (Å²) >= 11 is 0. The van der Waals surface area contributed by atoms with Gasteiger partial charge in [0.1, 0.15) is 0 Å². The van der Waals surface area contributed by atoms with Crippen molar-refractivity contribution >= 4 is 23.6 Å². The van der Waals surface area contributed by atoms with Crippen LogP contribution in [0.15, 0.2) is 18.2 Å². The van der Waals surface area contributed by atoms with Crippen LogP contribution in [0, 0.1) is 5.82 Å². The number of imide groups is 1. The third kappa shape index (κ3) is 5.89. The van der Waals surface area contributed by atoms with Gasteiger partial charge in [-0.3, -0.25) is 14.9 Å². The molecule has 1 rings (SSSR count). The molecule has 114 valence electrons. The molecule has 0 aliphatic carbocycles. The Morgan fingerprint density at radius 2 is 2.00 bits per heavy atom. The Hall–Kier alpha value is -2.64. The Morgan fingerprint density at radius 1 is 1.29 bits per heavy atom. The highest BCUT2D eigenvalue weighted by Gasteiger charge is 2.10. The molecule has 0 aliphatic rings. The molecule has 21 heavy (non-hydrogen) atoms. The maximum atomic E-state index is 13.4. The molecule has 0 aliphatic heterocycles. The van der Waals surface area contributed by atoms with Crippen molar-refractivity contribution in [3.8, 4) is 5.75 Å². The van der Waals surface area contributed by atoms with Crippen LogP contribution in [0.3, 0.4) is 0 Å². The van der Waals surface area contributed by atoms with Crippen LogP contribution in [-0.2, 0) is 9.59 Å². The Labute approximate surface area is 120 Å². The molecule has 1 aromatic rings. The van der Waals surface area contributed by atoms with E-state index in [1.165, 1.54) is 19.2 Å². The molecule has 0 bridgehead atoms. The summed E-state index contributed by atoms with van der Waals surface area (Å²) in [6.45, 7) is 0. The predicted molar refractivity (Wildman–Crippen MR) is 71.6 cm³/mol. The zero-order chi connectivity index (χ0) is 15.8. The zero-order valence-corrected chi connectivity index (χ0v) is 11.3. The number of aliphatic carboxylic acids is 1. The topological polar surface area (TPSA) is 105 Å². The Morgan fingerprint density at radius 3 is 2.57 bits per heavy atom. The molecule has 3 N–H and O–H groups in total. The highest BCUT2D eigenvalue weighted by Crippen LogP contribution is 2.20. The van der Waals surface area contributed by atoms with Crippen molar-refractivity contribution in [2.24, 2.45) is 0 Å². The number of rotatable bonds is 6. The molecule has 8 heteroatoms. The van der Waals surface area contributed by atoms with Gasteiger partial charge in [0.15, 0.2) is 11.6 Å². The van der Waals surface area contributed by atoms with Gasteiger partial charge in [0, 0.05) is 24.6 Å². The third-order valence-electron chi connectivity index (χ3n) is 2.46. The van der Waals surface area contributed by atoms with Gasteiger partial charge < -0.3 is 15.2 Å². The van der Waals surface area contributed by atoms with E-state index in [1.807, 2.05) is 5.32 Å². The van der Waals surface area contributed by atoms with Gasteiger partial charge in [0.05, 0.1) is 7.11 Å². The van der Waals surface area contributed by atoms with Gasteiger partial charge in [-0.1, -0.05) is 0 Å². The van der Waals surface area contributed by atoms with Gasteiger partial charge in [-0.2, -0.15) is 0 Å². The van der Waals surface area contributed by atoms with E-state index in [1.54, 1.807) is 0 Å². The number of methoxy groups -OCH3 is 1. The largest absolute Gasteiger partial charge is 0.494 e. The maximum absolute atomic E-state index is 13.4. The third-order valence-corrected chi connectivity index (χ3v) is 2.46. The minimum absolute atomic E-state index is 0.0331. The number of benzene rings is 1. The van der Waals surface area contributed by atoms with Crippen molar-refractivity contribution < 1.29 is 28.6 Å². The number of urea groups is 1. The molecular weight excluding hydrogens is 283 g/mol. The van der Waals surface area contributed by atoms with E-state index in [0.717, 1.165) is 6.07 Å². The molecule has 0 fully saturated rings. The van der Waals surface area contributed by atoms with E-state index < -0.39 is 23.7 Å². The molecule has 0 aromatic heterocycles. The van der Waals surface area contributed by atoms with Crippen LogP contribution in [-0.4, -0.2) is 30.1 Å². The van der Waals surface area contributed by atoms with Crippen molar-refractivity contribution in [3.63, 3.8) is 0 Å². The SMILES string of the molecule is COc1ccc(NC(=O)NC(=O)CCCC(=O)O)cc1F. The summed E-state index contributed by atoms with van der Waals surface area (Å²) in [7, 11) is 1.31. The zero-order valence-electron chi connectivity index (χ0n) is 11.3. The lowest BCUT2D eigenvalue weighted by Crippen LogP contribution is -2.34. The lowest BCUT2D eigenvalue weighted by atomic mass is 10.2. The number of anilines is 1. The minimum atomic E-state index is -1.01. The molecule has 0 spiro atoms. The first-order valence-corrected chi connectivity index (χ1v) is 6.08. The summed E-state index contributed by atoms with van der Waals surface area (Å²) in [5.74, 6) is -2.24. The number of amides is 3. The minimum Gasteiger partial charge on any atom is -0.494 e. The van der Waals surface area contributed by atoms with E-state index in [-0.39, 0.29) is 30.7 Å². The van der Waals surface area contributed by atoms with Crippen molar-refractivity contribution in [1.82, 2.24) is 5.32 Å². The second-order valence-electron chi connectivity index (χ2n) is 4.10. The predicted octanol–water partition coefficient (Wildman–Crippen LogP) is 1.74. The molecule has 0 unspecified atom stereocenters. The monoisotopic (exact) mass is 298 g/mol.